The Morgan fingerprint density at radius 1 is 1.08 bits per heavy atom. The van der Waals surface area contributed by atoms with Crippen molar-refractivity contribution in [3.8, 4) is 0 Å². The van der Waals surface area contributed by atoms with Crippen molar-refractivity contribution >= 4 is 17.5 Å². The number of fused-ring (bicyclic) bond motifs is 5. The van der Waals surface area contributed by atoms with E-state index < -0.39 is 65.8 Å². The summed E-state index contributed by atoms with van der Waals surface area (Å²) in [6.45, 7) is 4.22. The summed E-state index contributed by atoms with van der Waals surface area (Å²) in [6, 6.07) is 0. The van der Waals surface area contributed by atoms with E-state index in [0.29, 0.717) is 23.8 Å². The molecular weight excluding hydrogens is 622 g/mol. The molecule has 1 heterocycles. The number of aliphatic hydroxyl groups is 7. The van der Waals surface area contributed by atoms with Crippen LogP contribution in [0.2, 0.25) is 0 Å². The Balaban J connectivity index is 1.32. The second-order valence-electron chi connectivity index (χ2n) is 15.8. The van der Waals surface area contributed by atoms with Crippen LogP contribution in [0.5, 0.6) is 0 Å². The van der Waals surface area contributed by atoms with Crippen molar-refractivity contribution < 1.29 is 50.1 Å². The number of carbonyl (C=O) groups is 3. The fourth-order valence-corrected chi connectivity index (χ4v) is 10.7. The SMILES string of the molecule is CC(CCC(=O)C(O)(CO)C(=O)n1c(CCN)cnc1C(=O)C(O)CO)C1CCC2C3C(O)CC4CC(O)CCC4(C)C3CC(O)C12C. The number of nitrogens with zero attached hydrogens (tertiary/aromatic N) is 2. The molecule has 4 fully saturated rings. The second kappa shape index (κ2) is 13.9. The van der Waals surface area contributed by atoms with Crippen molar-refractivity contribution in [3.05, 3.63) is 17.7 Å². The standard InChI is InChI=1S/C35H55N3O10/c1-18(4-7-27(44)35(48,17-40)32(47)38-20(9-11-36)15-37-31(38)30(46)26(43)16-39)22-5-6-23-29-24(14-28(45)34(22,23)3)33(2)10-8-21(41)12-19(33)13-25(29)42/h15,18-19,21-26,28-29,39-43,45,48H,4-14,16-17,36H2,1-3H3. The molecule has 13 unspecified atom stereocenters. The zero-order chi connectivity index (χ0) is 35.3. The lowest BCUT2D eigenvalue weighted by atomic mass is 9.43. The highest BCUT2D eigenvalue weighted by Gasteiger charge is 2.65. The van der Waals surface area contributed by atoms with Crippen LogP contribution in [0.1, 0.15) is 99.7 Å². The van der Waals surface area contributed by atoms with Gasteiger partial charge in [-0.2, -0.15) is 0 Å². The number of carbonyl (C=O) groups excluding carboxylic acids is 3. The number of ketones is 2. The van der Waals surface area contributed by atoms with Crippen LogP contribution in [0.15, 0.2) is 6.20 Å². The van der Waals surface area contributed by atoms with Gasteiger partial charge in [0.25, 0.3) is 5.91 Å². The van der Waals surface area contributed by atoms with E-state index in [2.05, 4.69) is 18.8 Å². The highest BCUT2D eigenvalue weighted by Crippen LogP contribution is 2.68. The van der Waals surface area contributed by atoms with E-state index in [4.69, 9.17) is 5.73 Å². The fourth-order valence-electron chi connectivity index (χ4n) is 10.7. The fraction of sp³-hybridized carbons (Fsp3) is 0.829. The summed E-state index contributed by atoms with van der Waals surface area (Å²) in [7, 11) is 0. The topological polar surface area (TPSA) is 237 Å². The smallest absolute Gasteiger partial charge is 0.274 e. The minimum absolute atomic E-state index is 0.00378. The van der Waals surface area contributed by atoms with Gasteiger partial charge in [0.15, 0.2) is 11.6 Å². The summed E-state index contributed by atoms with van der Waals surface area (Å²) in [6.07, 6.45) is 2.96. The number of aromatic nitrogens is 2. The molecule has 4 aliphatic rings. The maximum atomic E-state index is 13.7. The van der Waals surface area contributed by atoms with Crippen molar-refractivity contribution in [2.24, 2.45) is 52.1 Å². The average Bonchev–Trinajstić information content (AvgIpc) is 3.65. The molecule has 0 amide bonds. The first-order valence-electron chi connectivity index (χ1n) is 17.6. The van der Waals surface area contributed by atoms with E-state index in [1.807, 2.05) is 6.92 Å². The summed E-state index contributed by atoms with van der Waals surface area (Å²) >= 11 is 0. The quantitative estimate of drug-likeness (QED) is 0.110. The van der Waals surface area contributed by atoms with Crippen LogP contribution in [0, 0.1) is 46.3 Å². The first-order chi connectivity index (χ1) is 22.6. The predicted molar refractivity (Wildman–Crippen MR) is 172 cm³/mol. The number of aliphatic hydroxyl groups excluding tert-OH is 6. The Labute approximate surface area is 281 Å². The first-order valence-corrected chi connectivity index (χ1v) is 17.6. The molecule has 0 spiro atoms. The van der Waals surface area contributed by atoms with Gasteiger partial charge in [0.05, 0.1) is 31.5 Å². The van der Waals surface area contributed by atoms with E-state index in [0.717, 1.165) is 31.9 Å². The largest absolute Gasteiger partial charge is 0.393 e. The molecule has 5 rings (SSSR count). The molecule has 0 aliphatic heterocycles. The lowest BCUT2D eigenvalue weighted by Crippen LogP contribution is -2.62. The molecular formula is C35H55N3O10. The molecule has 1 aromatic heterocycles. The van der Waals surface area contributed by atoms with Gasteiger partial charge in [-0.15, -0.1) is 0 Å². The lowest BCUT2D eigenvalue weighted by Gasteiger charge is -2.63. The summed E-state index contributed by atoms with van der Waals surface area (Å²) in [5, 5.41) is 74.5. The normalized spacial score (nSPS) is 38.6. The number of Topliss-reactive ketones (excluding diaryl/α,β-unsaturated/α-hetero) is 2. The molecule has 9 N–H and O–H groups in total. The lowest BCUT2D eigenvalue weighted by molar-refractivity contribution is -0.207. The Morgan fingerprint density at radius 2 is 1.79 bits per heavy atom. The minimum Gasteiger partial charge on any atom is -0.393 e. The molecule has 0 aromatic carbocycles. The van der Waals surface area contributed by atoms with Crippen LogP contribution in [0.25, 0.3) is 0 Å². The summed E-state index contributed by atoms with van der Waals surface area (Å²) in [5.41, 5.74) is 2.27. The van der Waals surface area contributed by atoms with E-state index in [9.17, 15) is 50.1 Å². The van der Waals surface area contributed by atoms with Crippen LogP contribution in [0.3, 0.4) is 0 Å². The molecule has 13 heteroatoms. The number of rotatable bonds is 12. The van der Waals surface area contributed by atoms with Crippen LogP contribution in [-0.4, -0.2) is 113 Å². The maximum absolute atomic E-state index is 13.7. The number of imidazole rings is 1. The monoisotopic (exact) mass is 677 g/mol. The molecule has 13 nitrogen and oxygen atoms in total. The summed E-state index contributed by atoms with van der Waals surface area (Å²) in [4.78, 5) is 43.9. The van der Waals surface area contributed by atoms with E-state index in [1.54, 1.807) is 0 Å². The van der Waals surface area contributed by atoms with Gasteiger partial charge in [-0.25, -0.2) is 4.98 Å². The van der Waals surface area contributed by atoms with Crippen LogP contribution in [-0.2, 0) is 11.2 Å². The van der Waals surface area contributed by atoms with E-state index in [-0.39, 0.29) is 78.5 Å². The van der Waals surface area contributed by atoms with Gasteiger partial charge >= 0.3 is 0 Å². The zero-order valence-electron chi connectivity index (χ0n) is 28.4. The van der Waals surface area contributed by atoms with E-state index in [1.165, 1.54) is 0 Å². The molecule has 0 saturated heterocycles. The maximum Gasteiger partial charge on any atom is 0.274 e. The van der Waals surface area contributed by atoms with Crippen molar-refractivity contribution in [1.82, 2.24) is 9.55 Å². The van der Waals surface area contributed by atoms with Gasteiger partial charge in [0.2, 0.25) is 11.4 Å². The van der Waals surface area contributed by atoms with Crippen molar-refractivity contribution in [3.63, 3.8) is 0 Å². The minimum atomic E-state index is -2.91. The molecule has 48 heavy (non-hydrogen) atoms. The first kappa shape index (κ1) is 37.2. The van der Waals surface area contributed by atoms with Crippen LogP contribution < -0.4 is 5.73 Å². The third kappa shape index (κ3) is 5.91. The molecule has 270 valence electrons. The number of hydrogen-bond donors (Lipinski definition) is 8. The molecule has 4 aliphatic carbocycles. The Bertz CT molecular complexity index is 1370. The second-order valence-corrected chi connectivity index (χ2v) is 15.8. The van der Waals surface area contributed by atoms with E-state index >= 15 is 0 Å². The van der Waals surface area contributed by atoms with Gasteiger partial charge in [-0.1, -0.05) is 20.8 Å². The van der Waals surface area contributed by atoms with Gasteiger partial charge in [-0.3, -0.25) is 19.0 Å². The number of hydrogen-bond acceptors (Lipinski definition) is 12. The van der Waals surface area contributed by atoms with Crippen molar-refractivity contribution in [2.45, 2.75) is 115 Å². The van der Waals surface area contributed by atoms with Crippen molar-refractivity contribution in [2.75, 3.05) is 19.8 Å². The highest BCUT2D eigenvalue weighted by atomic mass is 16.4. The Morgan fingerprint density at radius 3 is 2.44 bits per heavy atom. The average molecular weight is 678 g/mol. The highest BCUT2D eigenvalue weighted by molar-refractivity contribution is 6.12. The third-order valence-corrected chi connectivity index (χ3v) is 13.5. The van der Waals surface area contributed by atoms with Crippen LogP contribution in [0.4, 0.5) is 0 Å². The zero-order valence-corrected chi connectivity index (χ0v) is 28.4. The predicted octanol–water partition coefficient (Wildman–Crippen LogP) is 0.231. The molecule has 0 radical (unpaired) electrons. The summed E-state index contributed by atoms with van der Waals surface area (Å²) in [5.74, 6) is -3.56. The van der Waals surface area contributed by atoms with Gasteiger partial charge in [0.1, 0.15) is 6.10 Å². The Hall–Kier alpha value is -2.10. The molecule has 4 saturated carbocycles. The van der Waals surface area contributed by atoms with Crippen molar-refractivity contribution in [1.29, 1.82) is 0 Å². The summed E-state index contributed by atoms with van der Waals surface area (Å²) < 4.78 is 0.691. The Kier molecular flexibility index (Phi) is 10.8. The molecule has 0 bridgehead atoms. The van der Waals surface area contributed by atoms with Crippen LogP contribution >= 0.6 is 0 Å². The van der Waals surface area contributed by atoms with Gasteiger partial charge < -0.3 is 41.5 Å². The van der Waals surface area contributed by atoms with Gasteiger partial charge in [-0.05, 0) is 104 Å². The van der Waals surface area contributed by atoms with Gasteiger partial charge in [0, 0.05) is 24.7 Å². The molecule has 13 atom stereocenters. The molecule has 1 aromatic rings. The number of nitrogens with two attached hydrogens (primary N) is 1. The third-order valence-electron chi connectivity index (χ3n) is 13.5.